The van der Waals surface area contributed by atoms with Crippen LogP contribution in [0.2, 0.25) is 0 Å². The van der Waals surface area contributed by atoms with Crippen LogP contribution in [0.3, 0.4) is 0 Å². The van der Waals surface area contributed by atoms with Gasteiger partial charge < -0.3 is 0 Å². The number of nitriles is 1. The second kappa shape index (κ2) is 2.77. The fraction of sp³-hybridized carbons (Fsp3) is 0.273. The fourth-order valence-electron chi connectivity index (χ4n) is 2.17. The van der Waals surface area contributed by atoms with Gasteiger partial charge in [-0.25, -0.2) is 0 Å². The molecule has 2 aliphatic heterocycles. The van der Waals surface area contributed by atoms with Crippen LogP contribution in [0, 0.1) is 11.3 Å². The normalized spacial score (nSPS) is 27.4. The minimum absolute atomic E-state index is 0.0639. The number of carbonyl (C=O) groups excluding carboxylic acids is 1. The van der Waals surface area contributed by atoms with Crippen molar-refractivity contribution in [3.05, 3.63) is 24.3 Å². The van der Waals surface area contributed by atoms with Gasteiger partial charge in [-0.15, -0.1) is 0 Å². The highest BCUT2D eigenvalue weighted by atomic mass is 32.2. The molecule has 0 N–H and O–H groups in total. The lowest BCUT2D eigenvalue weighted by molar-refractivity contribution is -0.117. The van der Waals surface area contributed by atoms with Gasteiger partial charge in [-0.1, -0.05) is 23.9 Å². The minimum Gasteiger partial charge on any atom is -0.283 e. The molecule has 1 unspecified atom stereocenters. The van der Waals surface area contributed by atoms with Crippen LogP contribution in [-0.2, 0) is 4.79 Å². The van der Waals surface area contributed by atoms with Gasteiger partial charge in [0.05, 0.1) is 5.69 Å². The number of anilines is 1. The van der Waals surface area contributed by atoms with E-state index in [1.165, 1.54) is 11.8 Å². The van der Waals surface area contributed by atoms with E-state index in [0.29, 0.717) is 12.8 Å². The monoisotopic (exact) mass is 216 g/mol. The molecule has 0 radical (unpaired) electrons. The summed E-state index contributed by atoms with van der Waals surface area (Å²) in [5.74, 6) is 0.0639. The summed E-state index contributed by atoms with van der Waals surface area (Å²) in [4.78, 5) is 13.8. The quantitative estimate of drug-likeness (QED) is 0.667. The Hall–Kier alpha value is -1.47. The molecule has 0 bridgehead atoms. The van der Waals surface area contributed by atoms with Gasteiger partial charge in [-0.2, -0.15) is 5.26 Å². The Balaban J connectivity index is 2.21. The fourth-order valence-corrected chi connectivity index (χ4v) is 3.48. The Labute approximate surface area is 91.7 Å². The van der Waals surface area contributed by atoms with Gasteiger partial charge in [-0.3, -0.25) is 9.69 Å². The van der Waals surface area contributed by atoms with Gasteiger partial charge in [0.1, 0.15) is 6.07 Å². The molecule has 74 valence electrons. The molecule has 3 rings (SSSR count). The largest absolute Gasteiger partial charge is 0.283 e. The van der Waals surface area contributed by atoms with Crippen LogP contribution in [0.25, 0.3) is 0 Å². The molecule has 0 saturated carbocycles. The molecule has 0 aliphatic carbocycles. The van der Waals surface area contributed by atoms with E-state index in [9.17, 15) is 10.1 Å². The van der Waals surface area contributed by atoms with Crippen LogP contribution in [0.4, 0.5) is 5.69 Å². The van der Waals surface area contributed by atoms with Gasteiger partial charge >= 0.3 is 0 Å². The molecule has 3 nitrogen and oxygen atoms in total. The van der Waals surface area contributed by atoms with E-state index in [2.05, 4.69) is 6.07 Å². The van der Waals surface area contributed by atoms with Crippen molar-refractivity contribution in [2.75, 3.05) is 4.90 Å². The number of thioether (sulfide) groups is 1. The van der Waals surface area contributed by atoms with E-state index in [1.807, 2.05) is 24.3 Å². The lowest BCUT2D eigenvalue weighted by atomic mass is 10.2. The third kappa shape index (κ3) is 0.986. The second-order valence-electron chi connectivity index (χ2n) is 3.70. The summed E-state index contributed by atoms with van der Waals surface area (Å²) in [6.45, 7) is 0. The highest BCUT2D eigenvalue weighted by Gasteiger charge is 2.52. The van der Waals surface area contributed by atoms with Crippen molar-refractivity contribution >= 4 is 23.4 Å². The molecule has 2 aliphatic rings. The van der Waals surface area contributed by atoms with Gasteiger partial charge in [0, 0.05) is 17.7 Å². The van der Waals surface area contributed by atoms with E-state index in [0.717, 1.165) is 10.6 Å². The van der Waals surface area contributed by atoms with Crippen molar-refractivity contribution in [2.45, 2.75) is 22.6 Å². The summed E-state index contributed by atoms with van der Waals surface area (Å²) in [6, 6.07) is 9.99. The van der Waals surface area contributed by atoms with Crippen LogP contribution in [0.1, 0.15) is 12.8 Å². The summed E-state index contributed by atoms with van der Waals surface area (Å²) in [6.07, 6.45) is 1.11. The molecule has 1 aromatic rings. The van der Waals surface area contributed by atoms with Gasteiger partial charge in [0.15, 0.2) is 4.87 Å². The van der Waals surface area contributed by atoms with Crippen LogP contribution in [0.15, 0.2) is 29.2 Å². The number of para-hydroxylation sites is 1. The Kier molecular flexibility index (Phi) is 1.63. The number of nitrogens with zero attached hydrogens (tertiary/aromatic N) is 2. The predicted molar refractivity (Wildman–Crippen MR) is 57.4 cm³/mol. The van der Waals surface area contributed by atoms with Gasteiger partial charge in [0.25, 0.3) is 0 Å². The van der Waals surface area contributed by atoms with Crippen LogP contribution >= 0.6 is 11.8 Å². The van der Waals surface area contributed by atoms with E-state index in [-0.39, 0.29) is 5.91 Å². The Morgan fingerprint density at radius 1 is 1.47 bits per heavy atom. The molecule has 15 heavy (non-hydrogen) atoms. The van der Waals surface area contributed by atoms with Crippen molar-refractivity contribution in [3.63, 3.8) is 0 Å². The molecule has 0 aromatic heterocycles. The average Bonchev–Trinajstić information content (AvgIpc) is 2.75. The number of amides is 1. The lowest BCUT2D eigenvalue weighted by Gasteiger charge is -2.22. The molecular weight excluding hydrogens is 208 g/mol. The molecule has 1 amide bonds. The first-order valence-corrected chi connectivity index (χ1v) is 5.61. The summed E-state index contributed by atoms with van der Waals surface area (Å²) < 4.78 is 0. The highest BCUT2D eigenvalue weighted by Crippen LogP contribution is 2.55. The minimum atomic E-state index is -0.666. The van der Waals surface area contributed by atoms with E-state index in [1.54, 1.807) is 4.90 Å². The van der Waals surface area contributed by atoms with E-state index in [4.69, 9.17) is 0 Å². The van der Waals surface area contributed by atoms with Crippen LogP contribution in [0.5, 0.6) is 0 Å². The molecule has 0 spiro atoms. The maximum Gasteiger partial charge on any atom is 0.229 e. The maximum atomic E-state index is 11.7. The third-order valence-corrected chi connectivity index (χ3v) is 4.23. The third-order valence-electron chi connectivity index (χ3n) is 2.85. The Bertz CT molecular complexity index is 494. The first kappa shape index (κ1) is 8.81. The van der Waals surface area contributed by atoms with Gasteiger partial charge in [0.2, 0.25) is 5.91 Å². The van der Waals surface area contributed by atoms with Crippen LogP contribution in [-0.4, -0.2) is 10.8 Å². The number of carbonyl (C=O) groups is 1. The number of benzene rings is 1. The smallest absolute Gasteiger partial charge is 0.229 e. The zero-order valence-electron chi connectivity index (χ0n) is 7.93. The van der Waals surface area contributed by atoms with Crippen molar-refractivity contribution in [3.8, 4) is 6.07 Å². The molecule has 2 heterocycles. The van der Waals surface area contributed by atoms with E-state index >= 15 is 0 Å². The molecule has 1 atom stereocenters. The average molecular weight is 216 g/mol. The van der Waals surface area contributed by atoms with Crippen LogP contribution < -0.4 is 4.90 Å². The summed E-state index contributed by atoms with van der Waals surface area (Å²) in [7, 11) is 0. The first-order valence-electron chi connectivity index (χ1n) is 4.79. The number of hydrogen-bond acceptors (Lipinski definition) is 3. The van der Waals surface area contributed by atoms with Crippen molar-refractivity contribution in [2.24, 2.45) is 0 Å². The lowest BCUT2D eigenvalue weighted by Crippen LogP contribution is -2.38. The van der Waals surface area contributed by atoms with Gasteiger partial charge in [-0.05, 0) is 12.1 Å². The number of fused-ring (bicyclic) bond motifs is 3. The molecular formula is C11H8N2OS. The topological polar surface area (TPSA) is 44.1 Å². The number of rotatable bonds is 0. The highest BCUT2D eigenvalue weighted by molar-refractivity contribution is 8.01. The summed E-state index contributed by atoms with van der Waals surface area (Å²) in [5.41, 5.74) is 0.895. The van der Waals surface area contributed by atoms with Crippen molar-refractivity contribution in [1.82, 2.24) is 0 Å². The molecule has 1 aromatic carbocycles. The molecule has 4 heteroatoms. The van der Waals surface area contributed by atoms with E-state index < -0.39 is 4.87 Å². The SMILES string of the molecule is N#CC12CCC(=O)N1c1ccccc1S2. The molecule has 1 saturated heterocycles. The summed E-state index contributed by atoms with van der Waals surface area (Å²) >= 11 is 1.50. The summed E-state index contributed by atoms with van der Waals surface area (Å²) in [5, 5.41) is 9.25. The number of hydrogen-bond donors (Lipinski definition) is 0. The second-order valence-corrected chi connectivity index (χ2v) is 5.01. The maximum absolute atomic E-state index is 11.7. The van der Waals surface area contributed by atoms with Crippen molar-refractivity contribution in [1.29, 1.82) is 5.26 Å². The molecule has 1 fully saturated rings. The zero-order valence-corrected chi connectivity index (χ0v) is 8.75. The zero-order chi connectivity index (χ0) is 10.5. The standard InChI is InChI=1S/C11H8N2OS/c12-7-11-6-5-10(14)13(11)8-3-1-2-4-9(8)15-11/h1-4H,5-6H2. The Morgan fingerprint density at radius 3 is 3.07 bits per heavy atom. The Morgan fingerprint density at radius 2 is 2.27 bits per heavy atom. The predicted octanol–water partition coefficient (Wildman–Crippen LogP) is 2.14. The first-order chi connectivity index (χ1) is 7.27. The van der Waals surface area contributed by atoms with Crippen molar-refractivity contribution < 1.29 is 4.79 Å².